The van der Waals surface area contributed by atoms with Crippen molar-refractivity contribution in [3.8, 4) is 0 Å². The van der Waals surface area contributed by atoms with Gasteiger partial charge in [0.1, 0.15) is 0 Å². The van der Waals surface area contributed by atoms with Crippen molar-refractivity contribution < 1.29 is 13.3 Å². The number of hydrogen-bond donors (Lipinski definition) is 3. The fourth-order valence-corrected chi connectivity index (χ4v) is 4.07. The fourth-order valence-electron chi connectivity index (χ4n) is 3.00. The van der Waals surface area contributed by atoms with Crippen molar-refractivity contribution in [2.45, 2.75) is 30.7 Å². The number of non-ortho nitro benzene ring substituents is 1. The van der Waals surface area contributed by atoms with Crippen molar-refractivity contribution in [1.82, 2.24) is 14.9 Å². The van der Waals surface area contributed by atoms with E-state index in [1.165, 1.54) is 24.6 Å². The van der Waals surface area contributed by atoms with Gasteiger partial charge in [0, 0.05) is 31.3 Å². The number of nitrogens with one attached hydrogen (secondary N) is 2. The summed E-state index contributed by atoms with van der Waals surface area (Å²) in [4.78, 5) is 16.7. The third kappa shape index (κ3) is 7.14. The first-order chi connectivity index (χ1) is 12.8. The summed E-state index contributed by atoms with van der Waals surface area (Å²) in [5, 5.41) is 13.6. The normalized spacial score (nSPS) is 17.9. The van der Waals surface area contributed by atoms with Crippen LogP contribution in [0.2, 0.25) is 0 Å². The van der Waals surface area contributed by atoms with Gasteiger partial charge in [-0.05, 0) is 32.0 Å². The zero-order valence-corrected chi connectivity index (χ0v) is 18.9. The molecule has 1 saturated heterocycles. The van der Waals surface area contributed by atoms with Crippen LogP contribution in [0.3, 0.4) is 0 Å². The summed E-state index contributed by atoms with van der Waals surface area (Å²) in [5.74, 6) is 0.271. The predicted octanol–water partition coefficient (Wildman–Crippen LogP) is 0.880. The second-order valence-electron chi connectivity index (χ2n) is 6.23. The topological polar surface area (TPSA) is 143 Å². The van der Waals surface area contributed by atoms with Gasteiger partial charge in [-0.25, -0.2) is 13.1 Å². The van der Waals surface area contributed by atoms with Crippen LogP contribution in [0.25, 0.3) is 0 Å². The van der Waals surface area contributed by atoms with Gasteiger partial charge in [-0.3, -0.25) is 20.0 Å². The molecule has 0 saturated carbocycles. The first-order valence-electron chi connectivity index (χ1n) is 8.85. The maximum absolute atomic E-state index is 12.2. The van der Waals surface area contributed by atoms with E-state index in [9.17, 15) is 18.5 Å². The highest BCUT2D eigenvalue weighted by atomic mass is 127. The van der Waals surface area contributed by atoms with Gasteiger partial charge < -0.3 is 11.1 Å². The minimum atomic E-state index is -3.83. The van der Waals surface area contributed by atoms with Crippen molar-refractivity contribution in [2.24, 2.45) is 10.7 Å². The summed E-state index contributed by atoms with van der Waals surface area (Å²) in [6.45, 7) is 5.15. The highest BCUT2D eigenvalue weighted by Gasteiger charge is 2.22. The van der Waals surface area contributed by atoms with E-state index in [1.54, 1.807) is 0 Å². The second-order valence-corrected chi connectivity index (χ2v) is 8.00. The number of likely N-dealkylation sites (N-methyl/N-ethyl adjacent to an activating group) is 1. The molecular formula is C16H27IN6O4S. The molecule has 1 unspecified atom stereocenters. The van der Waals surface area contributed by atoms with Gasteiger partial charge in [0.25, 0.3) is 5.69 Å². The van der Waals surface area contributed by atoms with Crippen LogP contribution in [0.4, 0.5) is 5.69 Å². The lowest BCUT2D eigenvalue weighted by molar-refractivity contribution is -0.385. The van der Waals surface area contributed by atoms with Crippen LogP contribution in [-0.2, 0) is 10.0 Å². The molecule has 10 nitrogen and oxygen atoms in total. The summed E-state index contributed by atoms with van der Waals surface area (Å²) >= 11 is 0. The molecule has 1 atom stereocenters. The second kappa shape index (κ2) is 11.5. The molecular weight excluding hydrogens is 499 g/mol. The molecule has 1 aliphatic rings. The minimum absolute atomic E-state index is 0. The molecule has 12 heteroatoms. The average molecular weight is 526 g/mol. The van der Waals surface area contributed by atoms with Gasteiger partial charge in [0.05, 0.1) is 16.4 Å². The molecule has 1 aromatic carbocycles. The minimum Gasteiger partial charge on any atom is -0.370 e. The lowest BCUT2D eigenvalue weighted by Gasteiger charge is -2.20. The Kier molecular flexibility index (Phi) is 10.1. The zero-order chi connectivity index (χ0) is 19.9. The number of hydrogen-bond acceptors (Lipinski definition) is 6. The summed E-state index contributed by atoms with van der Waals surface area (Å²) in [6.07, 6.45) is 2.27. The van der Waals surface area contributed by atoms with Crippen LogP contribution < -0.4 is 15.8 Å². The molecule has 1 aromatic rings. The standard InChI is InChI=1S/C16H26N6O4S.HI/c1-2-21-10-4-6-14(21)12-19-16(17)18-8-9-20-27(25,26)15-7-3-5-13(11-15)22(23)24;/h3,5,7,11,14,20H,2,4,6,8-10,12H2,1H3,(H3,17,18,19);1H. The number of benzene rings is 1. The Balaban J connectivity index is 0.00000392. The van der Waals surface area contributed by atoms with Gasteiger partial charge >= 0.3 is 0 Å². The van der Waals surface area contributed by atoms with Crippen LogP contribution in [0.1, 0.15) is 19.8 Å². The molecule has 0 aliphatic carbocycles. The van der Waals surface area contributed by atoms with Crippen LogP contribution in [0.15, 0.2) is 34.2 Å². The van der Waals surface area contributed by atoms with Crippen molar-refractivity contribution >= 4 is 45.6 Å². The molecule has 2 rings (SSSR count). The average Bonchev–Trinajstić information content (AvgIpc) is 3.11. The van der Waals surface area contributed by atoms with E-state index in [0.29, 0.717) is 12.6 Å². The van der Waals surface area contributed by atoms with Crippen LogP contribution >= 0.6 is 24.0 Å². The number of nitrogens with two attached hydrogens (primary N) is 1. The number of sulfonamides is 1. The highest BCUT2D eigenvalue weighted by Crippen LogP contribution is 2.17. The van der Waals surface area contributed by atoms with E-state index in [-0.39, 0.29) is 53.6 Å². The number of nitro benzene ring substituents is 1. The lowest BCUT2D eigenvalue weighted by Crippen LogP contribution is -2.39. The van der Waals surface area contributed by atoms with Gasteiger partial charge in [0.2, 0.25) is 10.0 Å². The van der Waals surface area contributed by atoms with Crippen LogP contribution in [-0.4, -0.2) is 63.0 Å². The van der Waals surface area contributed by atoms with Crippen molar-refractivity contribution in [2.75, 3.05) is 32.7 Å². The largest absolute Gasteiger partial charge is 0.370 e. The van der Waals surface area contributed by atoms with Crippen molar-refractivity contribution in [3.05, 3.63) is 34.4 Å². The summed E-state index contributed by atoms with van der Waals surface area (Å²) in [5.41, 5.74) is 5.54. The fraction of sp³-hybridized carbons (Fsp3) is 0.562. The quantitative estimate of drug-likeness (QED) is 0.108. The first kappa shape index (κ1) is 24.5. The molecule has 1 fully saturated rings. The molecule has 0 spiro atoms. The Bertz CT molecular complexity index is 789. The Morgan fingerprint density at radius 3 is 2.86 bits per heavy atom. The molecule has 0 amide bonds. The molecule has 0 radical (unpaired) electrons. The molecule has 0 aromatic heterocycles. The number of aliphatic imine (C=N–C) groups is 1. The zero-order valence-electron chi connectivity index (χ0n) is 15.7. The molecule has 28 heavy (non-hydrogen) atoms. The van der Waals surface area contributed by atoms with E-state index in [0.717, 1.165) is 25.6 Å². The summed E-state index contributed by atoms with van der Waals surface area (Å²) in [7, 11) is -3.83. The Morgan fingerprint density at radius 1 is 1.43 bits per heavy atom. The Hall–Kier alpha value is -1.51. The van der Waals surface area contributed by atoms with Crippen LogP contribution in [0.5, 0.6) is 0 Å². The van der Waals surface area contributed by atoms with Crippen molar-refractivity contribution in [1.29, 1.82) is 0 Å². The summed E-state index contributed by atoms with van der Waals surface area (Å²) < 4.78 is 26.8. The molecule has 4 N–H and O–H groups in total. The smallest absolute Gasteiger partial charge is 0.270 e. The molecule has 1 aliphatic heterocycles. The number of halogens is 1. The first-order valence-corrected chi connectivity index (χ1v) is 10.3. The van der Waals surface area contributed by atoms with E-state index in [1.807, 2.05) is 0 Å². The van der Waals surface area contributed by atoms with Crippen molar-refractivity contribution in [3.63, 3.8) is 0 Å². The highest BCUT2D eigenvalue weighted by molar-refractivity contribution is 14.0. The number of guanidine groups is 1. The monoisotopic (exact) mass is 526 g/mol. The predicted molar refractivity (Wildman–Crippen MR) is 118 cm³/mol. The van der Waals surface area contributed by atoms with Gasteiger partial charge in [0.15, 0.2) is 5.96 Å². The van der Waals surface area contributed by atoms with E-state index in [4.69, 9.17) is 5.73 Å². The number of nitro groups is 1. The van der Waals surface area contributed by atoms with E-state index < -0.39 is 14.9 Å². The third-order valence-electron chi connectivity index (χ3n) is 4.44. The summed E-state index contributed by atoms with van der Waals surface area (Å²) in [6, 6.07) is 5.30. The van der Waals surface area contributed by atoms with Gasteiger partial charge in [-0.2, -0.15) is 0 Å². The number of likely N-dealkylation sites (tertiary alicyclic amines) is 1. The molecule has 0 bridgehead atoms. The third-order valence-corrected chi connectivity index (χ3v) is 5.90. The lowest BCUT2D eigenvalue weighted by atomic mass is 10.2. The van der Waals surface area contributed by atoms with Gasteiger partial charge in [-0.1, -0.05) is 13.0 Å². The number of nitrogens with zero attached hydrogens (tertiary/aromatic N) is 3. The van der Waals surface area contributed by atoms with Crippen LogP contribution in [0, 0.1) is 10.1 Å². The van der Waals surface area contributed by atoms with Gasteiger partial charge in [-0.15, -0.1) is 24.0 Å². The Labute approximate surface area is 182 Å². The molecule has 158 valence electrons. The maximum atomic E-state index is 12.2. The van der Waals surface area contributed by atoms with E-state index in [2.05, 4.69) is 26.9 Å². The van der Waals surface area contributed by atoms with E-state index >= 15 is 0 Å². The maximum Gasteiger partial charge on any atom is 0.270 e. The SMILES string of the molecule is CCN1CCCC1CN=C(N)NCCNS(=O)(=O)c1cccc([N+](=O)[O-])c1.I. The number of rotatable bonds is 9. The molecule has 1 heterocycles. The Morgan fingerprint density at radius 2 is 2.18 bits per heavy atom.